The third-order valence-corrected chi connectivity index (χ3v) is 5.36. The van der Waals surface area contributed by atoms with E-state index >= 15 is 0 Å². The third-order valence-electron chi connectivity index (χ3n) is 4.22. The van der Waals surface area contributed by atoms with Crippen molar-refractivity contribution in [1.82, 2.24) is 0 Å². The van der Waals surface area contributed by atoms with E-state index in [1.165, 1.54) is 11.8 Å². The molecular weight excluding hydrogens is 380 g/mol. The van der Waals surface area contributed by atoms with Gasteiger partial charge in [-0.25, -0.2) is 8.78 Å². The van der Waals surface area contributed by atoms with Crippen molar-refractivity contribution >= 4 is 40.1 Å². The second-order valence-corrected chi connectivity index (χ2v) is 7.57. The lowest BCUT2D eigenvalue weighted by Crippen LogP contribution is -2.28. The molecule has 1 aliphatic rings. The number of anilines is 1. The molecule has 0 bridgehead atoms. The number of amidine groups is 1. The van der Waals surface area contributed by atoms with Gasteiger partial charge in [0.15, 0.2) is 11.0 Å². The van der Waals surface area contributed by atoms with Gasteiger partial charge in [-0.2, -0.15) is 0 Å². The monoisotopic (exact) mass is 395 g/mol. The van der Waals surface area contributed by atoms with Crippen LogP contribution in [-0.4, -0.2) is 16.8 Å². The summed E-state index contributed by atoms with van der Waals surface area (Å²) in [5.74, 6) is -1.87. The highest BCUT2D eigenvalue weighted by atomic mass is 35.5. The van der Waals surface area contributed by atoms with Gasteiger partial charge >= 0.3 is 0 Å². The second kappa shape index (κ2) is 7.25. The van der Waals surface area contributed by atoms with Gasteiger partial charge in [-0.3, -0.25) is 9.79 Å². The number of amides is 1. The number of carbonyl (C=O) groups is 1. The van der Waals surface area contributed by atoms with Gasteiger partial charge in [-0.05, 0) is 43.2 Å². The van der Waals surface area contributed by atoms with Crippen molar-refractivity contribution in [2.45, 2.75) is 18.9 Å². The summed E-state index contributed by atoms with van der Waals surface area (Å²) in [5.41, 5.74) is 6.39. The van der Waals surface area contributed by atoms with Crippen molar-refractivity contribution < 1.29 is 13.6 Å². The maximum absolute atomic E-state index is 14.0. The number of nitrogens with zero attached hydrogens (tertiary/aromatic N) is 1. The van der Waals surface area contributed by atoms with E-state index in [2.05, 4.69) is 10.3 Å². The van der Waals surface area contributed by atoms with E-state index in [1.54, 1.807) is 18.2 Å². The molecule has 3 rings (SSSR count). The molecule has 0 spiro atoms. The SMILES string of the molecule is CC1(c2cccc(NC(=O)c3ccc(F)c(Cl)c3F)c2)CCSC(N)=N1. The van der Waals surface area contributed by atoms with Crippen LogP contribution in [0.4, 0.5) is 14.5 Å². The van der Waals surface area contributed by atoms with Gasteiger partial charge < -0.3 is 11.1 Å². The highest BCUT2D eigenvalue weighted by Gasteiger charge is 2.29. The van der Waals surface area contributed by atoms with Gasteiger partial charge in [-0.15, -0.1) is 0 Å². The summed E-state index contributed by atoms with van der Waals surface area (Å²) in [4.78, 5) is 16.9. The minimum Gasteiger partial charge on any atom is -0.379 e. The van der Waals surface area contributed by atoms with Gasteiger partial charge in [0.1, 0.15) is 10.8 Å². The molecule has 2 aromatic rings. The fourth-order valence-electron chi connectivity index (χ4n) is 2.73. The molecule has 3 N–H and O–H groups in total. The van der Waals surface area contributed by atoms with Gasteiger partial charge in [0.05, 0.1) is 11.1 Å². The van der Waals surface area contributed by atoms with Crippen molar-refractivity contribution in [2.75, 3.05) is 11.1 Å². The molecule has 8 heteroatoms. The summed E-state index contributed by atoms with van der Waals surface area (Å²) in [5, 5.41) is 2.43. The first kappa shape index (κ1) is 18.7. The number of aliphatic imine (C=N–C) groups is 1. The number of nitrogens with one attached hydrogen (secondary N) is 1. The van der Waals surface area contributed by atoms with Crippen LogP contribution in [0.2, 0.25) is 5.02 Å². The zero-order valence-corrected chi connectivity index (χ0v) is 15.4. The van der Waals surface area contributed by atoms with E-state index in [-0.39, 0.29) is 5.56 Å². The number of halogens is 3. The largest absolute Gasteiger partial charge is 0.379 e. The lowest BCUT2D eigenvalue weighted by molar-refractivity contribution is 0.102. The molecule has 0 aliphatic carbocycles. The maximum Gasteiger partial charge on any atom is 0.258 e. The Bertz CT molecular complexity index is 906. The second-order valence-electron chi connectivity index (χ2n) is 6.08. The quantitative estimate of drug-likeness (QED) is 0.750. The molecule has 26 heavy (non-hydrogen) atoms. The Morgan fingerprint density at radius 1 is 1.35 bits per heavy atom. The molecule has 0 saturated heterocycles. The summed E-state index contributed by atoms with van der Waals surface area (Å²) in [6, 6.07) is 9.14. The van der Waals surface area contributed by atoms with Crippen LogP contribution in [0.1, 0.15) is 29.3 Å². The Balaban J connectivity index is 1.87. The fraction of sp³-hybridized carbons (Fsp3) is 0.222. The Labute approximate surface area is 158 Å². The van der Waals surface area contributed by atoms with E-state index in [0.717, 1.165) is 29.9 Å². The first-order chi connectivity index (χ1) is 12.3. The van der Waals surface area contributed by atoms with Crippen LogP contribution in [0.15, 0.2) is 41.4 Å². The Hall–Kier alpha value is -2.12. The molecule has 0 radical (unpaired) electrons. The summed E-state index contributed by atoms with van der Waals surface area (Å²) in [7, 11) is 0. The van der Waals surface area contributed by atoms with Gasteiger partial charge in [0, 0.05) is 11.4 Å². The van der Waals surface area contributed by atoms with Crippen LogP contribution in [-0.2, 0) is 5.54 Å². The smallest absolute Gasteiger partial charge is 0.258 e. The van der Waals surface area contributed by atoms with Crippen molar-refractivity contribution in [1.29, 1.82) is 0 Å². The molecule has 4 nitrogen and oxygen atoms in total. The highest BCUT2D eigenvalue weighted by Crippen LogP contribution is 2.36. The summed E-state index contributed by atoms with van der Waals surface area (Å²) >= 11 is 7.03. The standard InChI is InChI=1S/C18H16ClF2N3OS/c1-18(7-8-26-17(22)24-18)10-3-2-4-11(9-10)23-16(25)12-5-6-13(20)14(19)15(12)21/h2-6,9H,7-8H2,1H3,(H2,22,24)(H,23,25). The number of nitrogens with two attached hydrogens (primary N) is 1. The van der Waals surface area contributed by atoms with Gasteiger partial charge in [0.2, 0.25) is 0 Å². The van der Waals surface area contributed by atoms with Crippen LogP contribution >= 0.6 is 23.4 Å². The summed E-state index contributed by atoms with van der Waals surface area (Å²) in [6.07, 6.45) is 0.804. The Kier molecular flexibility index (Phi) is 5.20. The average molecular weight is 396 g/mol. The number of benzene rings is 2. The molecule has 1 unspecified atom stereocenters. The third kappa shape index (κ3) is 3.68. The summed E-state index contributed by atoms with van der Waals surface area (Å²) in [6.45, 7) is 1.97. The van der Waals surface area contributed by atoms with Gasteiger partial charge in [-0.1, -0.05) is 35.5 Å². The molecule has 2 aromatic carbocycles. The van der Waals surface area contributed by atoms with Crippen LogP contribution in [0.5, 0.6) is 0 Å². The van der Waals surface area contributed by atoms with Crippen molar-refractivity contribution in [3.63, 3.8) is 0 Å². The van der Waals surface area contributed by atoms with E-state index in [1.807, 2.05) is 13.0 Å². The first-order valence-electron chi connectivity index (χ1n) is 7.84. The number of hydrogen-bond acceptors (Lipinski definition) is 4. The Morgan fingerprint density at radius 2 is 2.12 bits per heavy atom. The van der Waals surface area contributed by atoms with Crippen molar-refractivity contribution in [2.24, 2.45) is 10.7 Å². The maximum atomic E-state index is 14.0. The molecule has 1 atom stereocenters. The van der Waals surface area contributed by atoms with E-state index < -0.39 is 28.1 Å². The normalized spacial score (nSPS) is 19.8. The van der Waals surface area contributed by atoms with Crippen molar-refractivity contribution in [3.05, 3.63) is 64.2 Å². The van der Waals surface area contributed by atoms with Crippen molar-refractivity contribution in [3.8, 4) is 0 Å². The van der Waals surface area contributed by atoms with Crippen LogP contribution in [0.3, 0.4) is 0 Å². The highest BCUT2D eigenvalue weighted by molar-refractivity contribution is 8.13. The number of thioether (sulfide) groups is 1. The number of carbonyl (C=O) groups excluding carboxylic acids is 1. The molecule has 0 saturated carbocycles. The van der Waals surface area contributed by atoms with Crippen LogP contribution in [0.25, 0.3) is 0 Å². The van der Waals surface area contributed by atoms with Gasteiger partial charge in [0.25, 0.3) is 5.91 Å². The first-order valence-corrected chi connectivity index (χ1v) is 9.20. The molecule has 0 fully saturated rings. The molecule has 1 heterocycles. The predicted molar refractivity (Wildman–Crippen MR) is 102 cm³/mol. The topological polar surface area (TPSA) is 67.5 Å². The lowest BCUT2D eigenvalue weighted by atomic mass is 9.89. The molecule has 0 aromatic heterocycles. The molecular formula is C18H16ClF2N3OS. The molecule has 136 valence electrons. The predicted octanol–water partition coefficient (Wildman–Crippen LogP) is 4.54. The van der Waals surface area contributed by atoms with E-state index in [9.17, 15) is 13.6 Å². The number of hydrogen-bond donors (Lipinski definition) is 2. The van der Waals surface area contributed by atoms with E-state index in [4.69, 9.17) is 17.3 Å². The number of rotatable bonds is 3. The van der Waals surface area contributed by atoms with Crippen LogP contribution < -0.4 is 11.1 Å². The summed E-state index contributed by atoms with van der Waals surface area (Å²) < 4.78 is 27.3. The fourth-order valence-corrected chi connectivity index (χ4v) is 3.87. The average Bonchev–Trinajstić information content (AvgIpc) is 2.60. The zero-order chi connectivity index (χ0) is 18.9. The lowest BCUT2D eigenvalue weighted by Gasteiger charge is -2.30. The molecule has 1 amide bonds. The zero-order valence-electron chi connectivity index (χ0n) is 13.9. The molecule has 1 aliphatic heterocycles. The Morgan fingerprint density at radius 3 is 2.85 bits per heavy atom. The van der Waals surface area contributed by atoms with Crippen LogP contribution in [0, 0.1) is 11.6 Å². The minimum absolute atomic E-state index is 0.329. The minimum atomic E-state index is -1.09. The van der Waals surface area contributed by atoms with E-state index in [0.29, 0.717) is 10.9 Å².